The number of aryl methyl sites for hydroxylation is 1. The molecule has 1 heterocycles. The van der Waals surface area contributed by atoms with Crippen LogP contribution in [0.1, 0.15) is 10.4 Å². The van der Waals surface area contributed by atoms with Crippen molar-refractivity contribution in [1.82, 2.24) is 4.31 Å². The fourth-order valence-corrected chi connectivity index (χ4v) is 4.68. The van der Waals surface area contributed by atoms with Crippen LogP contribution < -0.4 is 5.73 Å². The smallest absolute Gasteiger partial charge is 0.244 e. The monoisotopic (exact) mass is 364 g/mol. The second-order valence-corrected chi connectivity index (χ2v) is 8.36. The molecular weight excluding hydrogens is 351 g/mol. The molecular formula is C13H14Cl2N2O2S2. The molecule has 21 heavy (non-hydrogen) atoms. The molecule has 4 nitrogen and oxygen atoms in total. The summed E-state index contributed by atoms with van der Waals surface area (Å²) < 4.78 is 26.5. The first kappa shape index (κ1) is 16.6. The molecule has 2 aromatic rings. The number of anilines is 1. The molecule has 1 aromatic heterocycles. The van der Waals surface area contributed by atoms with E-state index in [4.69, 9.17) is 28.9 Å². The summed E-state index contributed by atoms with van der Waals surface area (Å²) in [7, 11) is -2.22. The van der Waals surface area contributed by atoms with Crippen molar-refractivity contribution >= 4 is 50.2 Å². The van der Waals surface area contributed by atoms with Gasteiger partial charge in [-0.2, -0.15) is 4.31 Å². The minimum atomic E-state index is -3.73. The van der Waals surface area contributed by atoms with E-state index in [1.165, 1.54) is 34.8 Å². The number of thiophene rings is 1. The number of hydrogen-bond acceptors (Lipinski definition) is 4. The van der Waals surface area contributed by atoms with Crippen molar-refractivity contribution in [3.8, 4) is 0 Å². The van der Waals surface area contributed by atoms with E-state index in [0.717, 1.165) is 10.4 Å². The lowest BCUT2D eigenvalue weighted by Crippen LogP contribution is -2.26. The molecule has 0 aliphatic rings. The van der Waals surface area contributed by atoms with Crippen molar-refractivity contribution < 1.29 is 8.42 Å². The van der Waals surface area contributed by atoms with Gasteiger partial charge >= 0.3 is 0 Å². The Labute approximate surface area is 138 Å². The normalized spacial score (nSPS) is 12.0. The summed E-state index contributed by atoms with van der Waals surface area (Å²) in [4.78, 5) is 0.946. The van der Waals surface area contributed by atoms with Crippen LogP contribution in [0.3, 0.4) is 0 Å². The van der Waals surface area contributed by atoms with E-state index in [1.807, 2.05) is 18.4 Å². The van der Waals surface area contributed by atoms with Crippen molar-refractivity contribution in [2.75, 3.05) is 12.8 Å². The average molecular weight is 365 g/mol. The van der Waals surface area contributed by atoms with E-state index in [1.54, 1.807) is 0 Å². The lowest BCUT2D eigenvalue weighted by atomic mass is 10.3. The molecule has 2 N–H and O–H groups in total. The first-order valence-corrected chi connectivity index (χ1v) is 9.05. The van der Waals surface area contributed by atoms with Crippen molar-refractivity contribution in [2.45, 2.75) is 18.4 Å². The number of nitrogens with two attached hydrogens (primary N) is 1. The fourth-order valence-electron chi connectivity index (χ4n) is 1.77. The quantitative estimate of drug-likeness (QED) is 0.839. The van der Waals surface area contributed by atoms with E-state index in [-0.39, 0.29) is 27.2 Å². The SMILES string of the molecule is Cc1ccsc1CN(C)S(=O)(=O)c1ccc(Cl)c(N)c1Cl. The second-order valence-electron chi connectivity index (χ2n) is 4.56. The summed E-state index contributed by atoms with van der Waals surface area (Å²) >= 11 is 13.4. The highest BCUT2D eigenvalue weighted by Gasteiger charge is 2.26. The minimum Gasteiger partial charge on any atom is -0.396 e. The number of sulfonamides is 1. The summed E-state index contributed by atoms with van der Waals surface area (Å²) in [6.45, 7) is 2.23. The first-order chi connectivity index (χ1) is 9.75. The molecule has 114 valence electrons. The molecule has 0 spiro atoms. The largest absolute Gasteiger partial charge is 0.396 e. The van der Waals surface area contributed by atoms with Crippen LogP contribution in [-0.4, -0.2) is 19.8 Å². The molecule has 2 rings (SSSR count). The maximum atomic E-state index is 12.6. The Morgan fingerprint density at radius 1 is 1.29 bits per heavy atom. The average Bonchev–Trinajstić information content (AvgIpc) is 2.81. The van der Waals surface area contributed by atoms with Gasteiger partial charge in [0, 0.05) is 18.5 Å². The number of rotatable bonds is 4. The van der Waals surface area contributed by atoms with Gasteiger partial charge in [0.25, 0.3) is 0 Å². The van der Waals surface area contributed by atoms with Crippen LogP contribution >= 0.6 is 34.5 Å². The lowest BCUT2D eigenvalue weighted by Gasteiger charge is -2.18. The molecule has 0 unspecified atom stereocenters. The maximum absolute atomic E-state index is 12.6. The molecule has 0 bridgehead atoms. The number of nitrogen functional groups attached to an aromatic ring is 1. The Morgan fingerprint density at radius 3 is 2.52 bits per heavy atom. The Kier molecular flexibility index (Phi) is 4.85. The van der Waals surface area contributed by atoms with Gasteiger partial charge < -0.3 is 5.73 Å². The van der Waals surface area contributed by atoms with Gasteiger partial charge in [0.05, 0.1) is 15.7 Å². The van der Waals surface area contributed by atoms with E-state index in [9.17, 15) is 8.42 Å². The van der Waals surface area contributed by atoms with E-state index < -0.39 is 10.0 Å². The standard InChI is InChI=1S/C13H14Cl2N2O2S2/c1-8-5-6-20-10(8)7-17(2)21(18,19)11-4-3-9(14)13(16)12(11)15/h3-6H,7,16H2,1-2H3. The second kappa shape index (κ2) is 6.14. The molecule has 0 radical (unpaired) electrons. The van der Waals surface area contributed by atoms with Crippen LogP contribution in [0.25, 0.3) is 0 Å². The van der Waals surface area contributed by atoms with Gasteiger partial charge in [-0.1, -0.05) is 23.2 Å². The van der Waals surface area contributed by atoms with Crippen molar-refractivity contribution in [2.24, 2.45) is 0 Å². The zero-order valence-corrected chi connectivity index (χ0v) is 14.6. The van der Waals surface area contributed by atoms with Crippen molar-refractivity contribution in [3.05, 3.63) is 44.1 Å². The van der Waals surface area contributed by atoms with Crippen LogP contribution in [0, 0.1) is 6.92 Å². The molecule has 0 saturated heterocycles. The predicted octanol–water partition coefficient (Wildman–Crippen LogP) is 3.77. The molecule has 0 atom stereocenters. The van der Waals surface area contributed by atoms with Gasteiger partial charge in [0.2, 0.25) is 10.0 Å². The number of hydrogen-bond donors (Lipinski definition) is 1. The van der Waals surface area contributed by atoms with Crippen molar-refractivity contribution in [3.63, 3.8) is 0 Å². The van der Waals surface area contributed by atoms with Gasteiger partial charge in [-0.25, -0.2) is 8.42 Å². The summed E-state index contributed by atoms with van der Waals surface area (Å²) in [5.41, 5.74) is 6.82. The Morgan fingerprint density at radius 2 is 1.95 bits per heavy atom. The highest BCUT2D eigenvalue weighted by molar-refractivity contribution is 7.89. The van der Waals surface area contributed by atoms with Gasteiger partial charge in [0.1, 0.15) is 4.90 Å². The maximum Gasteiger partial charge on any atom is 0.244 e. The Bertz CT molecular complexity index is 772. The molecule has 8 heteroatoms. The number of benzene rings is 1. The molecule has 0 saturated carbocycles. The van der Waals surface area contributed by atoms with Crippen LogP contribution in [0.15, 0.2) is 28.5 Å². The van der Waals surface area contributed by atoms with Crippen LogP contribution in [0.5, 0.6) is 0 Å². The zero-order valence-electron chi connectivity index (χ0n) is 11.4. The highest BCUT2D eigenvalue weighted by Crippen LogP contribution is 2.34. The van der Waals surface area contributed by atoms with E-state index in [0.29, 0.717) is 0 Å². The first-order valence-electron chi connectivity index (χ1n) is 5.98. The zero-order chi connectivity index (χ0) is 15.8. The van der Waals surface area contributed by atoms with E-state index in [2.05, 4.69) is 0 Å². The molecule has 0 amide bonds. The fraction of sp³-hybridized carbons (Fsp3) is 0.231. The van der Waals surface area contributed by atoms with Gasteiger partial charge in [-0.05, 0) is 36.1 Å². The van der Waals surface area contributed by atoms with Crippen LogP contribution in [-0.2, 0) is 16.6 Å². The third-order valence-electron chi connectivity index (χ3n) is 3.11. The topological polar surface area (TPSA) is 63.4 Å². The van der Waals surface area contributed by atoms with Gasteiger partial charge in [-0.3, -0.25) is 0 Å². The summed E-state index contributed by atoms with van der Waals surface area (Å²) in [5, 5.41) is 2.12. The van der Waals surface area contributed by atoms with Crippen LogP contribution in [0.4, 0.5) is 5.69 Å². The van der Waals surface area contributed by atoms with Gasteiger partial charge in [0.15, 0.2) is 0 Å². The van der Waals surface area contributed by atoms with Gasteiger partial charge in [-0.15, -0.1) is 11.3 Å². The molecule has 0 aliphatic carbocycles. The van der Waals surface area contributed by atoms with Crippen LogP contribution in [0.2, 0.25) is 10.0 Å². The summed E-state index contributed by atoms with van der Waals surface area (Å²) in [6.07, 6.45) is 0. The lowest BCUT2D eigenvalue weighted by molar-refractivity contribution is 0.469. The Balaban J connectivity index is 2.38. The summed E-state index contributed by atoms with van der Waals surface area (Å²) in [5.74, 6) is 0. The minimum absolute atomic E-state index is 0.0391. The third-order valence-corrected chi connectivity index (χ3v) is 6.82. The van der Waals surface area contributed by atoms with Crippen molar-refractivity contribution in [1.29, 1.82) is 0 Å². The molecule has 0 aliphatic heterocycles. The number of halogens is 2. The highest BCUT2D eigenvalue weighted by atomic mass is 35.5. The summed E-state index contributed by atoms with van der Waals surface area (Å²) in [6, 6.07) is 4.75. The molecule has 0 fully saturated rings. The number of nitrogens with zero attached hydrogens (tertiary/aromatic N) is 1. The third kappa shape index (κ3) is 3.19. The predicted molar refractivity (Wildman–Crippen MR) is 88.6 cm³/mol. The molecule has 1 aromatic carbocycles. The Hall–Kier alpha value is -0.790. The van der Waals surface area contributed by atoms with E-state index >= 15 is 0 Å².